The number of aryl methyl sites for hydroxylation is 1. The summed E-state index contributed by atoms with van der Waals surface area (Å²) in [7, 11) is 2.21. The maximum Gasteiger partial charge on any atom is 0.0897 e. The van der Waals surface area contributed by atoms with E-state index in [1.165, 1.54) is 24.3 Å². The molecule has 0 aromatic carbocycles. The van der Waals surface area contributed by atoms with Crippen LogP contribution in [0, 0.1) is 12.8 Å². The number of piperidine rings is 1. The molecule has 0 aliphatic carbocycles. The topological polar surface area (TPSA) is 39.6 Å². The minimum absolute atomic E-state index is 0.205. The van der Waals surface area contributed by atoms with Crippen molar-refractivity contribution in [3.63, 3.8) is 0 Å². The second-order valence-electron chi connectivity index (χ2n) is 6.14. The van der Waals surface area contributed by atoms with Gasteiger partial charge in [0.15, 0.2) is 0 Å². The van der Waals surface area contributed by atoms with Gasteiger partial charge in [0.25, 0.3) is 0 Å². The van der Waals surface area contributed by atoms with Crippen LogP contribution in [-0.4, -0.2) is 59.2 Å². The standard InChI is InChI=1S/C15H27N3OS/c1-12(19)9-18-6-4-14(5-7-18)10-17(3)11-15-8-16-13(2)20-15/h8,12,14,19H,4-7,9-11H2,1-3H3/t12-/m1/s1. The molecule has 0 radical (unpaired) electrons. The van der Waals surface area contributed by atoms with Crippen molar-refractivity contribution in [3.05, 3.63) is 16.1 Å². The summed E-state index contributed by atoms with van der Waals surface area (Å²) in [6, 6.07) is 0. The highest BCUT2D eigenvalue weighted by Gasteiger charge is 2.21. The Morgan fingerprint density at radius 1 is 1.50 bits per heavy atom. The molecule has 0 spiro atoms. The van der Waals surface area contributed by atoms with Crippen LogP contribution in [0.2, 0.25) is 0 Å². The van der Waals surface area contributed by atoms with Crippen LogP contribution < -0.4 is 0 Å². The van der Waals surface area contributed by atoms with Crippen LogP contribution in [0.5, 0.6) is 0 Å². The molecule has 1 atom stereocenters. The van der Waals surface area contributed by atoms with Gasteiger partial charge in [-0.3, -0.25) is 0 Å². The average molecular weight is 297 g/mol. The number of hydrogen-bond donors (Lipinski definition) is 1. The van der Waals surface area contributed by atoms with Gasteiger partial charge in [-0.05, 0) is 52.7 Å². The number of thiazole rings is 1. The van der Waals surface area contributed by atoms with E-state index in [1.54, 1.807) is 11.3 Å². The molecular weight excluding hydrogens is 270 g/mol. The van der Waals surface area contributed by atoms with Crippen molar-refractivity contribution in [2.24, 2.45) is 5.92 Å². The second kappa shape index (κ2) is 7.50. The van der Waals surface area contributed by atoms with E-state index in [9.17, 15) is 5.11 Å². The predicted molar refractivity (Wildman–Crippen MR) is 84.0 cm³/mol. The van der Waals surface area contributed by atoms with Crippen LogP contribution in [0.25, 0.3) is 0 Å². The Balaban J connectivity index is 1.69. The molecule has 1 saturated heterocycles. The monoisotopic (exact) mass is 297 g/mol. The fraction of sp³-hybridized carbons (Fsp3) is 0.800. The van der Waals surface area contributed by atoms with E-state index in [0.717, 1.165) is 37.1 Å². The van der Waals surface area contributed by atoms with Gasteiger partial charge in [-0.15, -0.1) is 11.3 Å². The molecule has 2 heterocycles. The number of aliphatic hydroxyl groups excluding tert-OH is 1. The molecule has 1 fully saturated rings. The van der Waals surface area contributed by atoms with E-state index < -0.39 is 0 Å². The first-order valence-electron chi connectivity index (χ1n) is 7.53. The zero-order valence-corrected chi connectivity index (χ0v) is 13.7. The third-order valence-corrected chi connectivity index (χ3v) is 4.79. The molecule has 1 N–H and O–H groups in total. The summed E-state index contributed by atoms with van der Waals surface area (Å²) >= 11 is 1.80. The summed E-state index contributed by atoms with van der Waals surface area (Å²) in [4.78, 5) is 10.5. The summed E-state index contributed by atoms with van der Waals surface area (Å²) in [5.74, 6) is 0.791. The molecule has 1 aromatic heterocycles. The van der Waals surface area contributed by atoms with E-state index in [-0.39, 0.29) is 6.10 Å². The molecule has 0 unspecified atom stereocenters. The zero-order chi connectivity index (χ0) is 14.5. The number of rotatable bonds is 6. The van der Waals surface area contributed by atoms with Crippen LogP contribution in [0.15, 0.2) is 6.20 Å². The number of aromatic nitrogens is 1. The molecule has 5 heteroatoms. The Hall–Kier alpha value is -0.490. The first-order valence-corrected chi connectivity index (χ1v) is 8.35. The quantitative estimate of drug-likeness (QED) is 0.871. The fourth-order valence-electron chi connectivity index (χ4n) is 2.98. The van der Waals surface area contributed by atoms with Crippen molar-refractivity contribution in [3.8, 4) is 0 Å². The molecular formula is C15H27N3OS. The van der Waals surface area contributed by atoms with Crippen LogP contribution >= 0.6 is 11.3 Å². The highest BCUT2D eigenvalue weighted by Crippen LogP contribution is 2.20. The van der Waals surface area contributed by atoms with Gasteiger partial charge in [0.2, 0.25) is 0 Å². The van der Waals surface area contributed by atoms with Crippen molar-refractivity contribution >= 4 is 11.3 Å². The molecule has 20 heavy (non-hydrogen) atoms. The van der Waals surface area contributed by atoms with Gasteiger partial charge < -0.3 is 14.9 Å². The summed E-state index contributed by atoms with van der Waals surface area (Å²) < 4.78 is 0. The zero-order valence-electron chi connectivity index (χ0n) is 12.9. The number of nitrogens with zero attached hydrogens (tertiary/aromatic N) is 3. The molecule has 1 aliphatic heterocycles. The van der Waals surface area contributed by atoms with Crippen molar-refractivity contribution < 1.29 is 5.11 Å². The van der Waals surface area contributed by atoms with E-state index in [0.29, 0.717) is 0 Å². The Morgan fingerprint density at radius 2 is 2.20 bits per heavy atom. The minimum atomic E-state index is -0.205. The normalized spacial score (nSPS) is 19.6. The van der Waals surface area contributed by atoms with Crippen LogP contribution in [0.1, 0.15) is 29.7 Å². The lowest BCUT2D eigenvalue weighted by Crippen LogP contribution is -2.40. The third kappa shape index (κ3) is 5.13. The molecule has 0 bridgehead atoms. The molecule has 2 rings (SSSR count). The predicted octanol–water partition coefficient (Wildman–Crippen LogP) is 1.98. The van der Waals surface area contributed by atoms with Gasteiger partial charge in [0.1, 0.15) is 0 Å². The first kappa shape index (κ1) is 15.9. The molecule has 4 nitrogen and oxygen atoms in total. The Morgan fingerprint density at radius 3 is 2.75 bits per heavy atom. The molecule has 0 amide bonds. The summed E-state index contributed by atoms with van der Waals surface area (Å²) in [6.45, 7) is 9.19. The van der Waals surface area contributed by atoms with Crippen molar-refractivity contribution in [1.29, 1.82) is 0 Å². The second-order valence-corrected chi connectivity index (χ2v) is 7.45. The highest BCUT2D eigenvalue weighted by atomic mass is 32.1. The lowest BCUT2D eigenvalue weighted by Gasteiger charge is -2.34. The van der Waals surface area contributed by atoms with Crippen molar-refractivity contribution in [2.75, 3.05) is 33.2 Å². The van der Waals surface area contributed by atoms with E-state index in [2.05, 4.69) is 28.8 Å². The molecule has 1 aliphatic rings. The lowest BCUT2D eigenvalue weighted by molar-refractivity contribution is 0.0920. The van der Waals surface area contributed by atoms with Gasteiger partial charge in [0.05, 0.1) is 11.1 Å². The Bertz CT molecular complexity index is 400. The van der Waals surface area contributed by atoms with E-state index in [1.807, 2.05) is 13.1 Å². The van der Waals surface area contributed by atoms with Gasteiger partial charge in [0, 0.05) is 30.7 Å². The van der Waals surface area contributed by atoms with Gasteiger partial charge in [-0.25, -0.2) is 4.98 Å². The van der Waals surface area contributed by atoms with E-state index in [4.69, 9.17) is 0 Å². The minimum Gasteiger partial charge on any atom is -0.392 e. The average Bonchev–Trinajstić information content (AvgIpc) is 2.76. The highest BCUT2D eigenvalue weighted by molar-refractivity contribution is 7.11. The van der Waals surface area contributed by atoms with E-state index >= 15 is 0 Å². The number of aliphatic hydroxyl groups is 1. The molecule has 0 saturated carbocycles. The molecule has 1 aromatic rings. The van der Waals surface area contributed by atoms with Gasteiger partial charge in [-0.2, -0.15) is 0 Å². The number of β-amino-alcohol motifs (C(OH)–C–C–N with tert-alkyl or cyclic N) is 1. The van der Waals surface area contributed by atoms with Crippen LogP contribution in [0.4, 0.5) is 0 Å². The largest absolute Gasteiger partial charge is 0.392 e. The Labute approximate surface area is 126 Å². The fourth-order valence-corrected chi connectivity index (χ4v) is 3.85. The SMILES string of the molecule is Cc1ncc(CN(C)CC2CCN(C[C@@H](C)O)CC2)s1. The summed E-state index contributed by atoms with van der Waals surface area (Å²) in [5.41, 5.74) is 0. The first-order chi connectivity index (χ1) is 9.52. The number of likely N-dealkylation sites (tertiary alicyclic amines) is 1. The lowest BCUT2D eigenvalue weighted by atomic mass is 9.96. The van der Waals surface area contributed by atoms with Gasteiger partial charge in [-0.1, -0.05) is 0 Å². The maximum atomic E-state index is 9.43. The van der Waals surface area contributed by atoms with Crippen LogP contribution in [0.3, 0.4) is 0 Å². The van der Waals surface area contributed by atoms with Crippen molar-refractivity contribution in [1.82, 2.24) is 14.8 Å². The summed E-state index contributed by atoms with van der Waals surface area (Å²) in [5, 5.41) is 10.6. The van der Waals surface area contributed by atoms with Crippen LogP contribution in [-0.2, 0) is 6.54 Å². The smallest absolute Gasteiger partial charge is 0.0897 e. The third-order valence-electron chi connectivity index (χ3n) is 3.89. The Kier molecular flexibility index (Phi) is 5.96. The van der Waals surface area contributed by atoms with Gasteiger partial charge >= 0.3 is 0 Å². The summed E-state index contributed by atoms with van der Waals surface area (Å²) in [6.07, 6.45) is 4.29. The maximum absolute atomic E-state index is 9.43. The van der Waals surface area contributed by atoms with Crippen molar-refractivity contribution in [2.45, 2.75) is 39.3 Å². The number of hydrogen-bond acceptors (Lipinski definition) is 5. The molecule has 114 valence electrons.